The number of phenolic OH excluding ortho intramolecular Hbond substituents is 2. The molecule has 21 heavy (non-hydrogen) atoms. The number of benzene rings is 2. The van der Waals surface area contributed by atoms with E-state index in [0.717, 1.165) is 6.07 Å². The summed E-state index contributed by atoms with van der Waals surface area (Å²) in [7, 11) is 0. The van der Waals surface area contributed by atoms with Crippen LogP contribution in [0.25, 0.3) is 0 Å². The van der Waals surface area contributed by atoms with Crippen molar-refractivity contribution in [2.75, 3.05) is 5.32 Å². The summed E-state index contributed by atoms with van der Waals surface area (Å²) in [5.74, 6) is -2.15. The summed E-state index contributed by atoms with van der Waals surface area (Å²) in [6, 6.07) is 7.69. The normalized spacial score (nSPS) is 10.1. The Morgan fingerprint density at radius 3 is 2.38 bits per heavy atom. The summed E-state index contributed by atoms with van der Waals surface area (Å²) in [6.45, 7) is 0. The number of phenols is 2. The second-order valence-electron chi connectivity index (χ2n) is 4.16. The summed E-state index contributed by atoms with van der Waals surface area (Å²) >= 11 is 3.16. The van der Waals surface area contributed by atoms with Gasteiger partial charge in [-0.3, -0.25) is 4.79 Å². The Morgan fingerprint density at radius 2 is 1.76 bits per heavy atom. The number of carbonyl (C=O) groups excluding carboxylic acids is 1. The quantitative estimate of drug-likeness (QED) is 0.636. The third-order valence-corrected chi connectivity index (χ3v) is 3.35. The van der Waals surface area contributed by atoms with Crippen molar-refractivity contribution in [2.45, 2.75) is 0 Å². The molecule has 4 N–H and O–H groups in total. The molecule has 0 radical (unpaired) electrons. The maximum atomic E-state index is 12.0. The maximum Gasteiger partial charge on any atom is 0.335 e. The van der Waals surface area contributed by atoms with Gasteiger partial charge in [0.2, 0.25) is 0 Å². The van der Waals surface area contributed by atoms with Crippen molar-refractivity contribution in [2.24, 2.45) is 0 Å². The largest absolute Gasteiger partial charge is 0.508 e. The summed E-state index contributed by atoms with van der Waals surface area (Å²) < 4.78 is 0.385. The van der Waals surface area contributed by atoms with Gasteiger partial charge in [-0.25, -0.2) is 4.79 Å². The first-order valence-electron chi connectivity index (χ1n) is 5.74. The van der Waals surface area contributed by atoms with Crippen LogP contribution in [0.15, 0.2) is 40.9 Å². The zero-order chi connectivity index (χ0) is 15.6. The van der Waals surface area contributed by atoms with E-state index in [1.165, 1.54) is 30.3 Å². The Balaban J connectivity index is 2.27. The average molecular weight is 352 g/mol. The molecule has 0 aliphatic carbocycles. The molecule has 7 heteroatoms. The van der Waals surface area contributed by atoms with Crippen LogP contribution in [-0.4, -0.2) is 27.2 Å². The minimum absolute atomic E-state index is 0.0695. The number of halogens is 1. The third kappa shape index (κ3) is 3.32. The van der Waals surface area contributed by atoms with E-state index < -0.39 is 11.9 Å². The van der Waals surface area contributed by atoms with Gasteiger partial charge in [-0.15, -0.1) is 0 Å². The molecule has 2 aromatic rings. The minimum Gasteiger partial charge on any atom is -0.508 e. The topological polar surface area (TPSA) is 107 Å². The highest BCUT2D eigenvalue weighted by atomic mass is 79.9. The molecule has 0 atom stereocenters. The fourth-order valence-corrected chi connectivity index (χ4v) is 2.12. The highest BCUT2D eigenvalue weighted by Gasteiger charge is 2.14. The Morgan fingerprint density at radius 1 is 1.05 bits per heavy atom. The number of nitrogens with one attached hydrogen (secondary N) is 1. The van der Waals surface area contributed by atoms with Crippen LogP contribution in [0, 0.1) is 0 Å². The molecule has 0 fully saturated rings. The van der Waals surface area contributed by atoms with Gasteiger partial charge in [0.05, 0.1) is 16.8 Å². The van der Waals surface area contributed by atoms with Gasteiger partial charge in [0.1, 0.15) is 11.5 Å². The lowest BCUT2D eigenvalue weighted by molar-refractivity contribution is 0.0696. The number of hydrogen-bond acceptors (Lipinski definition) is 4. The lowest BCUT2D eigenvalue weighted by atomic mass is 10.1. The van der Waals surface area contributed by atoms with Gasteiger partial charge in [0, 0.05) is 4.47 Å². The number of hydrogen-bond donors (Lipinski definition) is 4. The van der Waals surface area contributed by atoms with Gasteiger partial charge in [-0.1, -0.05) is 0 Å². The highest BCUT2D eigenvalue weighted by molar-refractivity contribution is 9.10. The molecule has 2 aromatic carbocycles. The summed E-state index contributed by atoms with van der Waals surface area (Å²) in [6.07, 6.45) is 0. The van der Waals surface area contributed by atoms with Crippen LogP contribution >= 0.6 is 15.9 Å². The number of rotatable bonds is 3. The SMILES string of the molecule is O=C(O)c1ccc(NC(=O)c2cc(O)ccc2O)c(Br)c1. The molecule has 0 spiro atoms. The Bertz CT molecular complexity index is 729. The molecule has 0 bridgehead atoms. The van der Waals surface area contributed by atoms with Gasteiger partial charge in [-0.2, -0.15) is 0 Å². The molecule has 2 rings (SSSR count). The van der Waals surface area contributed by atoms with Gasteiger partial charge >= 0.3 is 5.97 Å². The Labute approximate surface area is 127 Å². The van der Waals surface area contributed by atoms with E-state index in [-0.39, 0.29) is 22.6 Å². The molecule has 0 aliphatic rings. The molecular weight excluding hydrogens is 342 g/mol. The molecule has 0 heterocycles. The zero-order valence-electron chi connectivity index (χ0n) is 10.5. The number of anilines is 1. The zero-order valence-corrected chi connectivity index (χ0v) is 12.1. The maximum absolute atomic E-state index is 12.0. The summed E-state index contributed by atoms with van der Waals surface area (Å²) in [5, 5.41) is 30.3. The lowest BCUT2D eigenvalue weighted by Gasteiger charge is -2.09. The standard InChI is InChI=1S/C14H10BrNO5/c15-10-5-7(14(20)21)1-3-11(10)16-13(19)9-6-8(17)2-4-12(9)18/h1-6,17-18H,(H,16,19)(H,20,21). The van der Waals surface area contributed by atoms with Crippen molar-refractivity contribution >= 4 is 33.5 Å². The molecule has 0 unspecified atom stereocenters. The van der Waals surface area contributed by atoms with Gasteiger partial charge < -0.3 is 20.6 Å². The number of amides is 1. The van der Waals surface area contributed by atoms with Crippen molar-refractivity contribution < 1.29 is 24.9 Å². The number of carbonyl (C=O) groups is 2. The number of aromatic hydroxyl groups is 2. The smallest absolute Gasteiger partial charge is 0.335 e. The van der Waals surface area contributed by atoms with E-state index in [9.17, 15) is 19.8 Å². The van der Waals surface area contributed by atoms with Gasteiger partial charge in [0.25, 0.3) is 5.91 Å². The van der Waals surface area contributed by atoms with E-state index in [0.29, 0.717) is 10.2 Å². The lowest BCUT2D eigenvalue weighted by Crippen LogP contribution is -2.12. The molecule has 108 valence electrons. The number of carboxylic acid groups (broad SMARTS) is 1. The van der Waals surface area contributed by atoms with E-state index in [1.807, 2.05) is 0 Å². The van der Waals surface area contributed by atoms with Crippen molar-refractivity contribution in [3.63, 3.8) is 0 Å². The molecule has 1 amide bonds. The van der Waals surface area contributed by atoms with Crippen LogP contribution < -0.4 is 5.32 Å². The second-order valence-corrected chi connectivity index (χ2v) is 5.01. The van der Waals surface area contributed by atoms with Gasteiger partial charge in [-0.05, 0) is 52.3 Å². The van der Waals surface area contributed by atoms with Crippen LogP contribution in [0.5, 0.6) is 11.5 Å². The molecule has 0 saturated heterocycles. The van der Waals surface area contributed by atoms with Crippen molar-refractivity contribution in [3.05, 3.63) is 52.0 Å². The van der Waals surface area contributed by atoms with Crippen LogP contribution in [0.1, 0.15) is 20.7 Å². The van der Waals surface area contributed by atoms with Crippen molar-refractivity contribution in [3.8, 4) is 11.5 Å². The van der Waals surface area contributed by atoms with Crippen LogP contribution in [0.3, 0.4) is 0 Å². The van der Waals surface area contributed by atoms with E-state index >= 15 is 0 Å². The van der Waals surface area contributed by atoms with Crippen LogP contribution in [0.2, 0.25) is 0 Å². The highest BCUT2D eigenvalue weighted by Crippen LogP contribution is 2.27. The fourth-order valence-electron chi connectivity index (χ4n) is 1.65. The molecular formula is C14H10BrNO5. The second kappa shape index (κ2) is 5.84. The first-order valence-corrected chi connectivity index (χ1v) is 6.54. The van der Waals surface area contributed by atoms with E-state index in [4.69, 9.17) is 5.11 Å². The molecule has 0 saturated carbocycles. The third-order valence-electron chi connectivity index (χ3n) is 2.69. The molecule has 0 aromatic heterocycles. The average Bonchev–Trinajstić information content (AvgIpc) is 2.43. The van der Waals surface area contributed by atoms with Crippen molar-refractivity contribution in [1.82, 2.24) is 0 Å². The number of aromatic carboxylic acids is 1. The molecule has 0 aliphatic heterocycles. The minimum atomic E-state index is -1.08. The van der Waals surface area contributed by atoms with E-state index in [1.54, 1.807) is 0 Å². The summed E-state index contributed by atoms with van der Waals surface area (Å²) in [4.78, 5) is 22.9. The Kier molecular flexibility index (Phi) is 4.13. The predicted molar refractivity (Wildman–Crippen MR) is 78.8 cm³/mol. The first-order chi connectivity index (χ1) is 9.88. The Hall–Kier alpha value is -2.54. The van der Waals surface area contributed by atoms with Crippen molar-refractivity contribution in [1.29, 1.82) is 0 Å². The van der Waals surface area contributed by atoms with Gasteiger partial charge in [0.15, 0.2) is 0 Å². The molecule has 6 nitrogen and oxygen atoms in total. The van der Waals surface area contributed by atoms with Crippen LogP contribution in [0.4, 0.5) is 5.69 Å². The summed E-state index contributed by atoms with van der Waals surface area (Å²) in [5.41, 5.74) is 0.317. The monoisotopic (exact) mass is 351 g/mol. The predicted octanol–water partition coefficient (Wildman–Crippen LogP) is 2.81. The fraction of sp³-hybridized carbons (Fsp3) is 0. The van der Waals surface area contributed by atoms with E-state index in [2.05, 4.69) is 21.2 Å². The van der Waals surface area contributed by atoms with Crippen LogP contribution in [-0.2, 0) is 0 Å². The first kappa shape index (κ1) is 14.9. The number of carboxylic acids is 1.